The maximum absolute atomic E-state index is 13.8. The summed E-state index contributed by atoms with van der Waals surface area (Å²) >= 11 is 0. The topological polar surface area (TPSA) is 158 Å². The van der Waals surface area contributed by atoms with Crippen molar-refractivity contribution in [3.8, 4) is 33.5 Å². The number of alkyl carbamates (subject to hydrolysis) is 2. The number of aromatic amines is 1. The van der Waals surface area contributed by atoms with Gasteiger partial charge in [-0.05, 0) is 120 Å². The Kier molecular flexibility index (Phi) is 12.3. The lowest BCUT2D eigenvalue weighted by Gasteiger charge is -2.30. The number of hydrogen-bond donors (Lipinski definition) is 3. The lowest BCUT2D eigenvalue weighted by molar-refractivity contribution is -0.135. The summed E-state index contributed by atoms with van der Waals surface area (Å²) in [4.78, 5) is 69.3. The number of benzene rings is 3. The number of carbonyl (C=O) groups excluding carboxylic acids is 4. The molecule has 0 bridgehead atoms. The molecule has 9 rings (SSSR count). The normalized spacial score (nSPS) is 20.5. The Morgan fingerprint density at radius 3 is 1.94 bits per heavy atom. The number of carbonyl (C=O) groups is 4. The van der Waals surface area contributed by atoms with Gasteiger partial charge in [0.2, 0.25) is 11.8 Å². The van der Waals surface area contributed by atoms with Crippen LogP contribution in [-0.2, 0) is 37.3 Å². The Labute approximate surface area is 382 Å². The van der Waals surface area contributed by atoms with Crippen molar-refractivity contribution in [1.82, 2.24) is 30.4 Å². The summed E-state index contributed by atoms with van der Waals surface area (Å²) in [6, 6.07) is 18.5. The van der Waals surface area contributed by atoms with Gasteiger partial charge in [-0.3, -0.25) is 14.6 Å². The Balaban J connectivity index is 0.941. The number of likely N-dealkylation sites (tertiary alicyclic amines) is 2. The molecule has 2 unspecified atom stereocenters. The van der Waals surface area contributed by atoms with Crippen molar-refractivity contribution in [2.45, 2.75) is 128 Å². The number of amides is 4. The molecule has 2 aliphatic carbocycles. The molecule has 1 spiro atoms. The van der Waals surface area contributed by atoms with Gasteiger partial charge in [0.05, 0.1) is 43.9 Å². The Bertz CT molecular complexity index is 2500. The molecule has 4 heterocycles. The number of H-pyrrole nitrogens is 1. The van der Waals surface area contributed by atoms with Gasteiger partial charge >= 0.3 is 12.2 Å². The smallest absolute Gasteiger partial charge is 0.407 e. The second-order valence-electron chi connectivity index (χ2n) is 19.5. The number of hydrogen-bond acceptors (Lipinski definition) is 8. The predicted octanol–water partition coefficient (Wildman–Crippen LogP) is 9.21. The van der Waals surface area contributed by atoms with Crippen LogP contribution in [0.1, 0.15) is 114 Å². The molecule has 4 amide bonds. The number of fused-ring (bicyclic) bond motifs is 3. The van der Waals surface area contributed by atoms with E-state index < -0.39 is 24.3 Å². The van der Waals surface area contributed by atoms with Crippen molar-refractivity contribution in [1.29, 1.82) is 0 Å². The number of nitrogens with one attached hydrogen (secondary N) is 3. The summed E-state index contributed by atoms with van der Waals surface area (Å²) in [6.45, 7) is 8.98. The van der Waals surface area contributed by atoms with Crippen LogP contribution in [0.3, 0.4) is 0 Å². The number of aliphatic imine (C=N–C) groups is 1. The third kappa shape index (κ3) is 8.31. The van der Waals surface area contributed by atoms with Gasteiger partial charge in [-0.2, -0.15) is 0 Å². The van der Waals surface area contributed by atoms with Crippen LogP contribution in [0.15, 0.2) is 65.8 Å². The first kappa shape index (κ1) is 44.2. The van der Waals surface area contributed by atoms with Crippen molar-refractivity contribution < 1.29 is 28.7 Å². The molecular formula is C52H63N7O6. The summed E-state index contributed by atoms with van der Waals surface area (Å²) in [5.74, 6) is 0.395. The summed E-state index contributed by atoms with van der Waals surface area (Å²) in [7, 11) is 2.63. The molecule has 4 atom stereocenters. The van der Waals surface area contributed by atoms with Gasteiger partial charge in [0.25, 0.3) is 0 Å². The minimum absolute atomic E-state index is 0.0855. The zero-order valence-electron chi connectivity index (χ0n) is 38.7. The third-order valence-electron chi connectivity index (χ3n) is 14.9. The van der Waals surface area contributed by atoms with Gasteiger partial charge in [-0.1, -0.05) is 83.0 Å². The van der Waals surface area contributed by atoms with Gasteiger partial charge in [-0.25, -0.2) is 14.6 Å². The molecule has 5 aliphatic rings. The highest BCUT2D eigenvalue weighted by Gasteiger charge is 2.44. The molecule has 3 aromatic carbocycles. The molecule has 2 saturated heterocycles. The largest absolute Gasteiger partial charge is 0.453 e. The number of methoxy groups -OCH3 is 2. The average molecular weight is 882 g/mol. The molecule has 1 saturated carbocycles. The van der Waals surface area contributed by atoms with E-state index in [0.29, 0.717) is 19.5 Å². The molecule has 3 N–H and O–H groups in total. The summed E-state index contributed by atoms with van der Waals surface area (Å²) in [5.41, 5.74) is 13.2. The van der Waals surface area contributed by atoms with Gasteiger partial charge in [0, 0.05) is 30.8 Å². The maximum atomic E-state index is 13.8. The van der Waals surface area contributed by atoms with E-state index in [0.717, 1.165) is 78.1 Å². The van der Waals surface area contributed by atoms with E-state index in [2.05, 4.69) is 70.2 Å². The fourth-order valence-corrected chi connectivity index (χ4v) is 11.6. The van der Waals surface area contributed by atoms with E-state index in [1.807, 2.05) is 43.7 Å². The average Bonchev–Trinajstić information content (AvgIpc) is 4.18. The molecule has 342 valence electrons. The number of imidazole rings is 1. The molecular weight excluding hydrogens is 819 g/mol. The molecule has 13 nitrogen and oxygen atoms in total. The van der Waals surface area contributed by atoms with Crippen LogP contribution in [-0.4, -0.2) is 94.9 Å². The van der Waals surface area contributed by atoms with Crippen LogP contribution in [0.25, 0.3) is 33.5 Å². The first-order chi connectivity index (χ1) is 31.4. The Hall–Kier alpha value is -5.98. The summed E-state index contributed by atoms with van der Waals surface area (Å²) in [6.07, 6.45) is 11.9. The highest BCUT2D eigenvalue weighted by Crippen LogP contribution is 2.55. The monoisotopic (exact) mass is 881 g/mol. The van der Waals surface area contributed by atoms with Crippen molar-refractivity contribution in [3.05, 3.63) is 83.3 Å². The highest BCUT2D eigenvalue weighted by atomic mass is 16.5. The van der Waals surface area contributed by atoms with E-state index in [9.17, 15) is 19.2 Å². The zero-order valence-corrected chi connectivity index (χ0v) is 38.7. The fourth-order valence-electron chi connectivity index (χ4n) is 11.6. The van der Waals surface area contributed by atoms with E-state index in [1.54, 1.807) is 0 Å². The van der Waals surface area contributed by atoms with Crippen LogP contribution < -0.4 is 10.6 Å². The molecule has 0 radical (unpaired) electrons. The van der Waals surface area contributed by atoms with Crippen LogP contribution >= 0.6 is 0 Å². The van der Waals surface area contributed by atoms with E-state index in [4.69, 9.17) is 19.5 Å². The Morgan fingerprint density at radius 1 is 0.723 bits per heavy atom. The number of aromatic nitrogens is 2. The second kappa shape index (κ2) is 18.1. The van der Waals surface area contributed by atoms with Gasteiger partial charge < -0.3 is 34.9 Å². The maximum Gasteiger partial charge on any atom is 0.407 e. The zero-order chi connectivity index (χ0) is 45.6. The van der Waals surface area contributed by atoms with Crippen molar-refractivity contribution in [3.63, 3.8) is 0 Å². The lowest BCUT2D eigenvalue weighted by atomic mass is 9.76. The minimum atomic E-state index is -0.683. The third-order valence-corrected chi connectivity index (χ3v) is 14.9. The van der Waals surface area contributed by atoms with Gasteiger partial charge in [-0.15, -0.1) is 0 Å². The number of nitrogens with zero attached hydrogens (tertiary/aromatic N) is 4. The molecule has 3 aliphatic heterocycles. The molecule has 3 fully saturated rings. The Morgan fingerprint density at radius 2 is 1.31 bits per heavy atom. The van der Waals surface area contributed by atoms with E-state index in [-0.39, 0.29) is 41.1 Å². The standard InChI is InChI=1S/C52H63N7O6/c1-30(2)45(56-50(62)64-5)48(60)58-25-9-11-42(58)40-28-35-27-34(17-20-39(35)54-40)32-13-15-33(16-14-32)36-18-19-37(38-21-24-52(44(36)38)22-7-8-23-52)41-29-53-47(55-41)43-12-10-26-59(43)49(61)46(31(3)4)57-51(63)65-6/h13-20,27,29-31,42-43,45-46H,7-12,21-26,28H2,1-6H3,(H,53,55)(H,56,62)(H,57,63)/t42?,43?,45-,46-/m0/s1. The van der Waals surface area contributed by atoms with Crippen LogP contribution in [0.5, 0.6) is 0 Å². The first-order valence-corrected chi connectivity index (χ1v) is 23.7. The predicted molar refractivity (Wildman–Crippen MR) is 251 cm³/mol. The van der Waals surface area contributed by atoms with Crippen LogP contribution in [0, 0.1) is 11.8 Å². The highest BCUT2D eigenvalue weighted by molar-refractivity contribution is 6.01. The van der Waals surface area contributed by atoms with Crippen molar-refractivity contribution >= 4 is 35.4 Å². The van der Waals surface area contributed by atoms with Crippen LogP contribution in [0.2, 0.25) is 0 Å². The van der Waals surface area contributed by atoms with Gasteiger partial charge in [0.1, 0.15) is 17.9 Å². The van der Waals surface area contributed by atoms with E-state index >= 15 is 0 Å². The lowest BCUT2D eigenvalue weighted by Crippen LogP contribution is -2.53. The van der Waals surface area contributed by atoms with Gasteiger partial charge in [0.15, 0.2) is 0 Å². The summed E-state index contributed by atoms with van der Waals surface area (Å²) < 4.78 is 9.65. The SMILES string of the molecule is COC(=O)N[C@H](C(=O)N1CCCC1C1=Nc2ccc(-c3ccc(-c4ccc(-c5cnc(C6CCCN6C(=O)[C@@H](NC(=O)OC)C(C)C)[nH]5)c5c4C4(CCCC4)CC5)cc3)cc2C1)C(C)C. The molecule has 65 heavy (non-hydrogen) atoms. The summed E-state index contributed by atoms with van der Waals surface area (Å²) in [5, 5.41) is 5.50. The fraction of sp³-hybridized carbons (Fsp3) is 0.500. The van der Waals surface area contributed by atoms with E-state index in [1.165, 1.54) is 67.7 Å². The first-order valence-electron chi connectivity index (χ1n) is 23.7. The molecule has 4 aromatic rings. The van der Waals surface area contributed by atoms with Crippen molar-refractivity contribution in [2.24, 2.45) is 16.8 Å². The minimum Gasteiger partial charge on any atom is -0.453 e. The number of ether oxygens (including phenoxy) is 2. The molecule has 1 aromatic heterocycles. The quantitative estimate of drug-likeness (QED) is 0.136. The van der Waals surface area contributed by atoms with Crippen LogP contribution in [0.4, 0.5) is 15.3 Å². The number of rotatable bonds is 11. The molecule has 13 heteroatoms. The van der Waals surface area contributed by atoms with Crippen molar-refractivity contribution in [2.75, 3.05) is 27.3 Å². The second-order valence-corrected chi connectivity index (χ2v) is 19.5.